The van der Waals surface area contributed by atoms with Crippen LogP contribution in [0.3, 0.4) is 0 Å². The molecule has 0 aliphatic carbocycles. The largest absolute Gasteiger partial charge is 0.444 e. The van der Waals surface area contributed by atoms with Crippen molar-refractivity contribution in [1.29, 1.82) is 0 Å². The summed E-state index contributed by atoms with van der Waals surface area (Å²) in [5.74, 6) is 0. The third-order valence-corrected chi connectivity index (χ3v) is 2.84. The van der Waals surface area contributed by atoms with Crippen molar-refractivity contribution in [3.63, 3.8) is 0 Å². The number of carbonyl (C=O) groups is 1. The lowest BCUT2D eigenvalue weighted by Gasteiger charge is -2.22. The van der Waals surface area contributed by atoms with Gasteiger partial charge in [-0.15, -0.1) is 0 Å². The fourth-order valence-corrected chi connectivity index (χ4v) is 1.99. The molecule has 0 saturated carbocycles. The molecule has 1 unspecified atom stereocenters. The lowest BCUT2D eigenvalue weighted by Crippen LogP contribution is -2.42. The van der Waals surface area contributed by atoms with Crippen molar-refractivity contribution in [1.82, 2.24) is 15.2 Å². The molecule has 0 radical (unpaired) electrons. The topological polar surface area (TPSA) is 55.3 Å². The fourth-order valence-electron chi connectivity index (χ4n) is 1.99. The van der Waals surface area contributed by atoms with E-state index in [-0.39, 0.29) is 12.1 Å². The lowest BCUT2D eigenvalue weighted by atomic mass is 10.2. The summed E-state index contributed by atoms with van der Waals surface area (Å²) in [5.41, 5.74) is 0.798. The van der Waals surface area contributed by atoms with Crippen LogP contribution in [0.5, 0.6) is 0 Å². The van der Waals surface area contributed by atoms with Crippen molar-refractivity contribution in [2.24, 2.45) is 0 Å². The fraction of sp³-hybridized carbons (Fsp3) is 0.688. The molecule has 5 heteroatoms. The standard InChI is InChI=1S/C16H29N3O2/c1-6-8-19-9-7-14(12-19)11-17-10-13(2)18-15(20)21-16(3,4)5/h7,9,12-13,17H,6,8,10-11H2,1-5H3,(H,18,20). The predicted molar refractivity (Wildman–Crippen MR) is 85.3 cm³/mol. The Morgan fingerprint density at radius 2 is 2.14 bits per heavy atom. The van der Waals surface area contributed by atoms with Gasteiger partial charge >= 0.3 is 6.09 Å². The minimum atomic E-state index is -0.459. The molecule has 1 heterocycles. The molecule has 1 rings (SSSR count). The van der Waals surface area contributed by atoms with Crippen LogP contribution in [0.2, 0.25) is 0 Å². The van der Waals surface area contributed by atoms with Gasteiger partial charge in [-0.1, -0.05) is 6.92 Å². The molecule has 120 valence electrons. The van der Waals surface area contributed by atoms with Gasteiger partial charge in [-0.05, 0) is 45.7 Å². The number of hydrogen-bond acceptors (Lipinski definition) is 3. The zero-order chi connectivity index (χ0) is 15.9. The number of nitrogens with one attached hydrogen (secondary N) is 2. The molecule has 0 aromatic carbocycles. The first-order valence-corrected chi connectivity index (χ1v) is 7.65. The van der Waals surface area contributed by atoms with Crippen molar-refractivity contribution >= 4 is 6.09 Å². The Morgan fingerprint density at radius 1 is 1.43 bits per heavy atom. The van der Waals surface area contributed by atoms with Gasteiger partial charge < -0.3 is 19.9 Å². The van der Waals surface area contributed by atoms with Crippen molar-refractivity contribution < 1.29 is 9.53 Å². The quantitative estimate of drug-likeness (QED) is 0.813. The van der Waals surface area contributed by atoms with Crippen LogP contribution < -0.4 is 10.6 Å². The van der Waals surface area contributed by atoms with Gasteiger partial charge in [-0.3, -0.25) is 0 Å². The minimum Gasteiger partial charge on any atom is -0.444 e. The highest BCUT2D eigenvalue weighted by molar-refractivity contribution is 5.68. The molecule has 1 amide bonds. The van der Waals surface area contributed by atoms with Gasteiger partial charge in [-0.25, -0.2) is 4.79 Å². The summed E-state index contributed by atoms with van der Waals surface area (Å²) in [4.78, 5) is 11.6. The molecule has 1 aromatic rings. The average molecular weight is 295 g/mol. The van der Waals surface area contributed by atoms with Gasteiger partial charge in [0, 0.05) is 38.1 Å². The van der Waals surface area contributed by atoms with Crippen LogP contribution in [-0.4, -0.2) is 28.8 Å². The molecule has 0 spiro atoms. The SMILES string of the molecule is CCCn1ccc(CNCC(C)NC(=O)OC(C)(C)C)c1. The maximum absolute atomic E-state index is 11.6. The average Bonchev–Trinajstić information content (AvgIpc) is 2.74. The van der Waals surface area contributed by atoms with Crippen LogP contribution in [0.4, 0.5) is 4.79 Å². The number of amides is 1. The molecule has 2 N–H and O–H groups in total. The van der Waals surface area contributed by atoms with Crippen LogP contribution in [0.25, 0.3) is 0 Å². The molecular weight excluding hydrogens is 266 g/mol. The van der Waals surface area contributed by atoms with Gasteiger partial charge in [0.25, 0.3) is 0 Å². The molecule has 0 aliphatic heterocycles. The summed E-state index contributed by atoms with van der Waals surface area (Å²) in [6.45, 7) is 12.3. The molecule has 5 nitrogen and oxygen atoms in total. The number of alkyl carbamates (subject to hydrolysis) is 1. The van der Waals surface area contributed by atoms with E-state index in [4.69, 9.17) is 4.74 Å². The van der Waals surface area contributed by atoms with E-state index in [0.29, 0.717) is 6.54 Å². The first-order chi connectivity index (χ1) is 9.80. The monoisotopic (exact) mass is 295 g/mol. The van der Waals surface area contributed by atoms with Gasteiger partial charge in [0.1, 0.15) is 5.60 Å². The molecule has 0 fully saturated rings. The Hall–Kier alpha value is -1.49. The number of ether oxygens (including phenoxy) is 1. The van der Waals surface area contributed by atoms with E-state index in [1.807, 2.05) is 27.7 Å². The zero-order valence-electron chi connectivity index (χ0n) is 13.9. The van der Waals surface area contributed by atoms with Crippen LogP contribution in [0.15, 0.2) is 18.5 Å². The first kappa shape index (κ1) is 17.6. The Balaban J connectivity index is 2.23. The summed E-state index contributed by atoms with van der Waals surface area (Å²) in [6.07, 6.45) is 5.02. The smallest absolute Gasteiger partial charge is 0.407 e. The van der Waals surface area contributed by atoms with Crippen molar-refractivity contribution in [2.45, 2.75) is 65.8 Å². The predicted octanol–water partition coefficient (Wildman–Crippen LogP) is 2.90. The van der Waals surface area contributed by atoms with Crippen LogP contribution in [0.1, 0.15) is 46.6 Å². The van der Waals surface area contributed by atoms with Gasteiger partial charge in [-0.2, -0.15) is 0 Å². The Kier molecular flexibility index (Phi) is 6.75. The van der Waals surface area contributed by atoms with E-state index >= 15 is 0 Å². The highest BCUT2D eigenvalue weighted by Crippen LogP contribution is 2.06. The lowest BCUT2D eigenvalue weighted by molar-refractivity contribution is 0.0508. The number of nitrogens with zero attached hydrogens (tertiary/aromatic N) is 1. The van der Waals surface area contributed by atoms with E-state index in [2.05, 4.69) is 40.6 Å². The second-order valence-corrected chi connectivity index (χ2v) is 6.44. The molecule has 1 atom stereocenters. The van der Waals surface area contributed by atoms with Gasteiger partial charge in [0.2, 0.25) is 0 Å². The molecule has 0 bridgehead atoms. The minimum absolute atomic E-state index is 0.0255. The van der Waals surface area contributed by atoms with Crippen LogP contribution in [0, 0.1) is 0 Å². The third kappa shape index (κ3) is 7.75. The maximum atomic E-state index is 11.6. The number of aryl methyl sites for hydroxylation is 1. The summed E-state index contributed by atoms with van der Waals surface area (Å²) >= 11 is 0. The van der Waals surface area contributed by atoms with E-state index in [9.17, 15) is 4.79 Å². The normalized spacial score (nSPS) is 13.0. The molecule has 0 aliphatic rings. The molecular formula is C16H29N3O2. The molecule has 21 heavy (non-hydrogen) atoms. The van der Waals surface area contributed by atoms with E-state index in [1.165, 1.54) is 5.56 Å². The summed E-state index contributed by atoms with van der Waals surface area (Å²) in [7, 11) is 0. The number of aromatic nitrogens is 1. The second-order valence-electron chi connectivity index (χ2n) is 6.44. The summed E-state index contributed by atoms with van der Waals surface area (Å²) in [6, 6.07) is 2.15. The third-order valence-electron chi connectivity index (χ3n) is 2.84. The van der Waals surface area contributed by atoms with Crippen molar-refractivity contribution in [3.8, 4) is 0 Å². The zero-order valence-corrected chi connectivity index (χ0v) is 13.9. The Labute approximate surface area is 128 Å². The van der Waals surface area contributed by atoms with Gasteiger partial charge in [0.05, 0.1) is 0 Å². The van der Waals surface area contributed by atoms with Crippen LogP contribution >= 0.6 is 0 Å². The summed E-state index contributed by atoms with van der Waals surface area (Å²) < 4.78 is 7.42. The highest BCUT2D eigenvalue weighted by Gasteiger charge is 2.17. The van der Waals surface area contributed by atoms with Crippen LogP contribution in [-0.2, 0) is 17.8 Å². The number of carbonyl (C=O) groups excluding carboxylic acids is 1. The second kappa shape index (κ2) is 8.08. The van der Waals surface area contributed by atoms with Crippen molar-refractivity contribution in [2.75, 3.05) is 6.54 Å². The van der Waals surface area contributed by atoms with E-state index in [1.54, 1.807) is 0 Å². The number of hydrogen-bond donors (Lipinski definition) is 2. The first-order valence-electron chi connectivity index (χ1n) is 7.65. The van der Waals surface area contributed by atoms with E-state index in [0.717, 1.165) is 19.5 Å². The maximum Gasteiger partial charge on any atom is 0.407 e. The van der Waals surface area contributed by atoms with Gasteiger partial charge in [0.15, 0.2) is 0 Å². The van der Waals surface area contributed by atoms with E-state index < -0.39 is 5.60 Å². The summed E-state index contributed by atoms with van der Waals surface area (Å²) in [5, 5.41) is 6.16. The number of rotatable bonds is 7. The Bertz CT molecular complexity index is 435. The molecule has 0 saturated heterocycles. The van der Waals surface area contributed by atoms with Crippen molar-refractivity contribution in [3.05, 3.63) is 24.0 Å². The highest BCUT2D eigenvalue weighted by atomic mass is 16.6. The Morgan fingerprint density at radius 3 is 2.76 bits per heavy atom. The molecule has 1 aromatic heterocycles.